The highest BCUT2D eigenvalue weighted by molar-refractivity contribution is 6.45. The standard InChI is InChI=1S/C17H16N2O4/c1-2-23-14-7-5-12(6-8-14)15(20)10-16(21)17(22)19-13-4-3-9-18-11-13/h3-11,20H,2H2,1H3,(H,19,22)/b15-10-. The van der Waals surface area contributed by atoms with Gasteiger partial charge in [-0.05, 0) is 43.3 Å². The van der Waals surface area contributed by atoms with E-state index >= 15 is 0 Å². The predicted octanol–water partition coefficient (Wildman–Crippen LogP) is 2.59. The number of ketones is 1. The Kier molecular flexibility index (Phi) is 5.46. The molecule has 2 rings (SSSR count). The van der Waals surface area contributed by atoms with Crippen LogP contribution >= 0.6 is 0 Å². The van der Waals surface area contributed by atoms with Crippen molar-refractivity contribution in [3.05, 3.63) is 60.4 Å². The van der Waals surface area contributed by atoms with Gasteiger partial charge in [0.1, 0.15) is 11.5 Å². The maximum absolute atomic E-state index is 11.8. The van der Waals surface area contributed by atoms with Crippen LogP contribution in [0.15, 0.2) is 54.9 Å². The molecule has 0 spiro atoms. The molecule has 0 aliphatic heterocycles. The Bertz CT molecular complexity index is 709. The summed E-state index contributed by atoms with van der Waals surface area (Å²) in [4.78, 5) is 27.4. The number of amides is 1. The van der Waals surface area contributed by atoms with Gasteiger partial charge >= 0.3 is 0 Å². The van der Waals surface area contributed by atoms with Gasteiger partial charge in [0.2, 0.25) is 5.78 Å². The zero-order valence-corrected chi connectivity index (χ0v) is 12.5. The van der Waals surface area contributed by atoms with E-state index < -0.39 is 11.7 Å². The van der Waals surface area contributed by atoms with Crippen molar-refractivity contribution >= 4 is 23.1 Å². The molecule has 6 nitrogen and oxygen atoms in total. The van der Waals surface area contributed by atoms with Gasteiger partial charge in [0.15, 0.2) is 0 Å². The predicted molar refractivity (Wildman–Crippen MR) is 86.1 cm³/mol. The highest BCUT2D eigenvalue weighted by Crippen LogP contribution is 2.17. The summed E-state index contributed by atoms with van der Waals surface area (Å²) >= 11 is 0. The molecule has 0 bridgehead atoms. The fraction of sp³-hybridized carbons (Fsp3) is 0.118. The molecule has 0 aliphatic carbocycles. The number of nitrogens with zero attached hydrogens (tertiary/aromatic N) is 1. The zero-order valence-electron chi connectivity index (χ0n) is 12.5. The first-order valence-electron chi connectivity index (χ1n) is 6.99. The van der Waals surface area contributed by atoms with Gasteiger partial charge in [0.05, 0.1) is 18.5 Å². The van der Waals surface area contributed by atoms with Crippen molar-refractivity contribution < 1.29 is 19.4 Å². The summed E-state index contributed by atoms with van der Waals surface area (Å²) in [5, 5.41) is 12.3. The number of anilines is 1. The van der Waals surface area contributed by atoms with Crippen LogP contribution in [-0.2, 0) is 9.59 Å². The van der Waals surface area contributed by atoms with Gasteiger partial charge in [-0.25, -0.2) is 0 Å². The molecule has 1 amide bonds. The molecule has 6 heteroatoms. The number of pyridine rings is 1. The molecule has 1 heterocycles. The van der Waals surface area contributed by atoms with Crippen LogP contribution in [0.5, 0.6) is 5.75 Å². The Balaban J connectivity index is 2.04. The van der Waals surface area contributed by atoms with Crippen molar-refractivity contribution in [2.24, 2.45) is 0 Å². The molecule has 0 fully saturated rings. The Morgan fingerprint density at radius 3 is 2.61 bits per heavy atom. The van der Waals surface area contributed by atoms with E-state index in [0.717, 1.165) is 6.08 Å². The first kappa shape index (κ1) is 16.2. The molecule has 0 radical (unpaired) electrons. The van der Waals surface area contributed by atoms with Gasteiger partial charge < -0.3 is 15.2 Å². The van der Waals surface area contributed by atoms with Crippen LogP contribution in [0.4, 0.5) is 5.69 Å². The Labute approximate surface area is 133 Å². The third-order valence-electron chi connectivity index (χ3n) is 2.87. The normalized spacial score (nSPS) is 10.9. The molecule has 2 N–H and O–H groups in total. The number of aliphatic hydroxyl groups is 1. The molecule has 118 valence electrons. The van der Waals surface area contributed by atoms with Crippen molar-refractivity contribution in [3.63, 3.8) is 0 Å². The molecule has 2 aromatic rings. The van der Waals surface area contributed by atoms with Gasteiger partial charge in [-0.2, -0.15) is 0 Å². The SMILES string of the molecule is CCOc1ccc(/C(O)=C/C(=O)C(=O)Nc2cccnc2)cc1. The third kappa shape index (κ3) is 4.67. The largest absolute Gasteiger partial charge is 0.507 e. The fourth-order valence-corrected chi connectivity index (χ4v) is 1.79. The Morgan fingerprint density at radius 2 is 2.00 bits per heavy atom. The minimum atomic E-state index is -0.861. The molecule has 0 saturated heterocycles. The van der Waals surface area contributed by atoms with Crippen molar-refractivity contribution in [1.82, 2.24) is 4.98 Å². The number of aliphatic hydroxyl groups excluding tert-OH is 1. The van der Waals surface area contributed by atoms with Crippen LogP contribution in [0.25, 0.3) is 5.76 Å². The quantitative estimate of drug-likeness (QED) is 0.486. The molecule has 23 heavy (non-hydrogen) atoms. The molecule has 1 aromatic heterocycles. The fourth-order valence-electron chi connectivity index (χ4n) is 1.79. The highest BCUT2D eigenvalue weighted by Gasteiger charge is 2.13. The molecular weight excluding hydrogens is 296 g/mol. The van der Waals surface area contributed by atoms with Crippen LogP contribution in [-0.4, -0.2) is 28.4 Å². The second-order valence-electron chi connectivity index (χ2n) is 4.55. The van der Waals surface area contributed by atoms with Gasteiger partial charge in [0, 0.05) is 17.8 Å². The van der Waals surface area contributed by atoms with Crippen LogP contribution in [0.2, 0.25) is 0 Å². The summed E-state index contributed by atoms with van der Waals surface area (Å²) < 4.78 is 5.29. The average molecular weight is 312 g/mol. The molecule has 0 saturated carbocycles. The van der Waals surface area contributed by atoms with Gasteiger partial charge in [-0.3, -0.25) is 14.6 Å². The smallest absolute Gasteiger partial charge is 0.296 e. The molecule has 1 aromatic carbocycles. The number of rotatable bonds is 6. The van der Waals surface area contributed by atoms with Gasteiger partial charge in [-0.1, -0.05) is 0 Å². The van der Waals surface area contributed by atoms with Crippen LogP contribution in [0.1, 0.15) is 12.5 Å². The highest BCUT2D eigenvalue weighted by atomic mass is 16.5. The van der Waals surface area contributed by atoms with E-state index in [1.165, 1.54) is 6.20 Å². The lowest BCUT2D eigenvalue weighted by Gasteiger charge is -2.05. The summed E-state index contributed by atoms with van der Waals surface area (Å²) in [5.41, 5.74) is 0.816. The zero-order chi connectivity index (χ0) is 16.7. The van der Waals surface area contributed by atoms with E-state index in [4.69, 9.17) is 4.74 Å². The average Bonchev–Trinajstić information content (AvgIpc) is 2.56. The first-order valence-corrected chi connectivity index (χ1v) is 6.99. The number of benzene rings is 1. The van der Waals surface area contributed by atoms with Crippen molar-refractivity contribution in [2.75, 3.05) is 11.9 Å². The van der Waals surface area contributed by atoms with Crippen LogP contribution < -0.4 is 10.1 Å². The second kappa shape index (κ2) is 7.74. The number of aromatic nitrogens is 1. The van der Waals surface area contributed by atoms with E-state index in [2.05, 4.69) is 10.3 Å². The van der Waals surface area contributed by atoms with E-state index in [9.17, 15) is 14.7 Å². The molecular formula is C17H16N2O4. The number of ether oxygens (including phenoxy) is 1. The lowest BCUT2D eigenvalue weighted by atomic mass is 10.1. The number of hydrogen-bond acceptors (Lipinski definition) is 5. The van der Waals surface area contributed by atoms with Gasteiger partial charge in [0.25, 0.3) is 5.91 Å². The number of hydrogen-bond donors (Lipinski definition) is 2. The first-order chi connectivity index (χ1) is 11.1. The summed E-state index contributed by atoms with van der Waals surface area (Å²) in [5.74, 6) is -1.35. The summed E-state index contributed by atoms with van der Waals surface area (Å²) in [6, 6.07) is 9.78. The lowest BCUT2D eigenvalue weighted by Crippen LogP contribution is -2.21. The Morgan fingerprint density at radius 1 is 1.26 bits per heavy atom. The monoisotopic (exact) mass is 312 g/mol. The third-order valence-corrected chi connectivity index (χ3v) is 2.87. The summed E-state index contributed by atoms with van der Waals surface area (Å²) in [7, 11) is 0. The van der Waals surface area contributed by atoms with Crippen molar-refractivity contribution in [1.29, 1.82) is 0 Å². The van der Waals surface area contributed by atoms with E-state index in [0.29, 0.717) is 23.6 Å². The van der Waals surface area contributed by atoms with E-state index in [1.54, 1.807) is 42.6 Å². The van der Waals surface area contributed by atoms with Crippen molar-refractivity contribution in [2.45, 2.75) is 6.92 Å². The van der Waals surface area contributed by atoms with E-state index in [-0.39, 0.29) is 5.76 Å². The second-order valence-corrected chi connectivity index (χ2v) is 4.55. The van der Waals surface area contributed by atoms with E-state index in [1.807, 2.05) is 6.92 Å². The number of nitrogens with one attached hydrogen (secondary N) is 1. The maximum atomic E-state index is 11.8. The Hall–Kier alpha value is -3.15. The molecule has 0 unspecified atom stereocenters. The minimum absolute atomic E-state index is 0.292. The molecule has 0 atom stereocenters. The lowest BCUT2D eigenvalue weighted by molar-refractivity contribution is -0.131. The number of carbonyl (C=O) groups is 2. The minimum Gasteiger partial charge on any atom is -0.507 e. The number of carbonyl (C=O) groups excluding carboxylic acids is 2. The summed E-state index contributed by atoms with van der Waals surface area (Å²) in [6.45, 7) is 2.40. The summed E-state index contributed by atoms with van der Waals surface area (Å²) in [6.07, 6.45) is 3.84. The van der Waals surface area contributed by atoms with Crippen LogP contribution in [0.3, 0.4) is 0 Å². The maximum Gasteiger partial charge on any atom is 0.296 e. The van der Waals surface area contributed by atoms with Crippen LogP contribution in [0, 0.1) is 0 Å². The van der Waals surface area contributed by atoms with Gasteiger partial charge in [-0.15, -0.1) is 0 Å². The molecule has 0 aliphatic rings. The van der Waals surface area contributed by atoms with Crippen molar-refractivity contribution in [3.8, 4) is 5.75 Å². The topological polar surface area (TPSA) is 88.5 Å².